The number of pyridine rings is 1. The van der Waals surface area contributed by atoms with Gasteiger partial charge in [-0.25, -0.2) is 0 Å². The van der Waals surface area contributed by atoms with Crippen LogP contribution in [0, 0.1) is 0 Å². The first-order chi connectivity index (χ1) is 9.22. The van der Waals surface area contributed by atoms with E-state index in [0.717, 1.165) is 28.0 Å². The Morgan fingerprint density at radius 2 is 1.95 bits per heavy atom. The third-order valence-electron chi connectivity index (χ3n) is 2.87. The van der Waals surface area contributed by atoms with Gasteiger partial charge in [0.25, 0.3) is 0 Å². The summed E-state index contributed by atoms with van der Waals surface area (Å²) in [6, 6.07) is 15.2. The Kier molecular flexibility index (Phi) is 2.97. The molecule has 0 amide bonds. The number of benzene rings is 2. The lowest BCUT2D eigenvalue weighted by Gasteiger charge is -2.10. The lowest BCUT2D eigenvalue weighted by atomic mass is 10.2. The zero-order valence-electron chi connectivity index (χ0n) is 10.1. The van der Waals surface area contributed by atoms with Gasteiger partial charge in [-0.2, -0.15) is 0 Å². The highest BCUT2D eigenvalue weighted by molar-refractivity contribution is 6.31. The molecule has 0 bridgehead atoms. The molecule has 1 heterocycles. The highest BCUT2D eigenvalue weighted by Crippen LogP contribution is 2.27. The van der Waals surface area contributed by atoms with Crippen molar-refractivity contribution in [1.29, 1.82) is 0 Å². The number of aromatic nitrogens is 1. The van der Waals surface area contributed by atoms with Crippen LogP contribution < -0.4 is 11.1 Å². The Bertz CT molecular complexity index is 740. The molecule has 3 rings (SSSR count). The molecule has 4 heteroatoms. The lowest BCUT2D eigenvalue weighted by Crippen LogP contribution is -1.94. The Labute approximate surface area is 116 Å². The van der Waals surface area contributed by atoms with Gasteiger partial charge in [0, 0.05) is 33.7 Å². The maximum absolute atomic E-state index is 5.98. The summed E-state index contributed by atoms with van der Waals surface area (Å²) in [4.78, 5) is 4.31. The summed E-state index contributed by atoms with van der Waals surface area (Å²) in [7, 11) is 0. The molecule has 0 saturated heterocycles. The monoisotopic (exact) mass is 269 g/mol. The van der Waals surface area contributed by atoms with E-state index in [0.29, 0.717) is 5.02 Å². The molecule has 19 heavy (non-hydrogen) atoms. The van der Waals surface area contributed by atoms with E-state index >= 15 is 0 Å². The number of nitrogens with one attached hydrogen (secondary N) is 1. The Hall–Kier alpha value is -2.26. The van der Waals surface area contributed by atoms with Gasteiger partial charge in [-0.1, -0.05) is 17.7 Å². The minimum atomic E-state index is 0.682. The van der Waals surface area contributed by atoms with E-state index in [2.05, 4.69) is 10.3 Å². The van der Waals surface area contributed by atoms with Gasteiger partial charge in [-0.3, -0.25) is 4.98 Å². The molecule has 0 aliphatic carbocycles. The summed E-state index contributed by atoms with van der Waals surface area (Å²) >= 11 is 5.98. The van der Waals surface area contributed by atoms with E-state index in [1.165, 1.54) is 0 Å². The van der Waals surface area contributed by atoms with Crippen LogP contribution in [0.5, 0.6) is 0 Å². The van der Waals surface area contributed by atoms with Crippen molar-refractivity contribution in [2.75, 3.05) is 11.1 Å². The standard InChI is InChI=1S/C15H12ClN3/c16-10-4-5-13-14(6-7-18-15(13)8-10)19-12-3-1-2-11(17)9-12/h1-9H,17H2,(H,18,19). The fraction of sp³-hybridized carbons (Fsp3) is 0. The van der Waals surface area contributed by atoms with Crippen molar-refractivity contribution in [3.05, 3.63) is 59.8 Å². The number of halogens is 1. The van der Waals surface area contributed by atoms with Crippen LogP contribution in [0.15, 0.2) is 54.7 Å². The summed E-state index contributed by atoms with van der Waals surface area (Å²) < 4.78 is 0. The molecule has 2 aromatic carbocycles. The van der Waals surface area contributed by atoms with E-state index in [1.54, 1.807) is 6.20 Å². The van der Waals surface area contributed by atoms with Gasteiger partial charge in [-0.15, -0.1) is 0 Å². The number of nitrogens with zero attached hydrogens (tertiary/aromatic N) is 1. The van der Waals surface area contributed by atoms with Gasteiger partial charge < -0.3 is 11.1 Å². The summed E-state index contributed by atoms with van der Waals surface area (Å²) in [5, 5.41) is 5.05. The number of nitrogens with two attached hydrogens (primary N) is 1. The number of hydrogen-bond donors (Lipinski definition) is 2. The van der Waals surface area contributed by atoms with Crippen LogP contribution in [0.4, 0.5) is 17.1 Å². The SMILES string of the molecule is Nc1cccc(Nc2ccnc3cc(Cl)ccc23)c1. The maximum Gasteiger partial charge on any atom is 0.0737 e. The molecular formula is C15H12ClN3. The molecule has 3 nitrogen and oxygen atoms in total. The van der Waals surface area contributed by atoms with Crippen LogP contribution in [0.1, 0.15) is 0 Å². The van der Waals surface area contributed by atoms with Crippen LogP contribution in [-0.4, -0.2) is 4.98 Å². The van der Waals surface area contributed by atoms with Gasteiger partial charge >= 0.3 is 0 Å². The second-order valence-electron chi connectivity index (χ2n) is 4.27. The molecule has 0 aliphatic rings. The van der Waals surface area contributed by atoms with Crippen molar-refractivity contribution in [3.8, 4) is 0 Å². The quantitative estimate of drug-likeness (QED) is 0.685. The number of hydrogen-bond acceptors (Lipinski definition) is 3. The average Bonchev–Trinajstić information content (AvgIpc) is 2.38. The smallest absolute Gasteiger partial charge is 0.0737 e. The molecule has 0 saturated carbocycles. The van der Waals surface area contributed by atoms with E-state index in [9.17, 15) is 0 Å². The third kappa shape index (κ3) is 2.46. The first-order valence-corrected chi connectivity index (χ1v) is 6.27. The normalized spacial score (nSPS) is 10.6. The summed E-state index contributed by atoms with van der Waals surface area (Å²) in [5.41, 5.74) is 9.29. The Morgan fingerprint density at radius 1 is 1.05 bits per heavy atom. The van der Waals surface area contributed by atoms with Gasteiger partial charge in [-0.05, 0) is 42.5 Å². The fourth-order valence-electron chi connectivity index (χ4n) is 2.00. The van der Waals surface area contributed by atoms with Crippen molar-refractivity contribution in [1.82, 2.24) is 4.98 Å². The van der Waals surface area contributed by atoms with E-state index in [-0.39, 0.29) is 0 Å². The van der Waals surface area contributed by atoms with E-state index < -0.39 is 0 Å². The topological polar surface area (TPSA) is 50.9 Å². The van der Waals surface area contributed by atoms with Crippen molar-refractivity contribution >= 4 is 39.6 Å². The predicted octanol–water partition coefficient (Wildman–Crippen LogP) is 4.21. The first-order valence-electron chi connectivity index (χ1n) is 5.89. The maximum atomic E-state index is 5.98. The van der Waals surface area contributed by atoms with E-state index in [4.69, 9.17) is 17.3 Å². The highest BCUT2D eigenvalue weighted by atomic mass is 35.5. The molecule has 0 radical (unpaired) electrons. The molecule has 0 atom stereocenters. The van der Waals surface area contributed by atoms with Crippen LogP contribution in [0.25, 0.3) is 10.9 Å². The Morgan fingerprint density at radius 3 is 2.79 bits per heavy atom. The molecule has 3 aromatic rings. The number of rotatable bonds is 2. The van der Waals surface area contributed by atoms with Crippen molar-refractivity contribution in [2.45, 2.75) is 0 Å². The molecule has 0 unspecified atom stereocenters. The second-order valence-corrected chi connectivity index (χ2v) is 4.71. The largest absolute Gasteiger partial charge is 0.399 e. The highest BCUT2D eigenvalue weighted by Gasteiger charge is 2.03. The molecule has 0 spiro atoms. The van der Waals surface area contributed by atoms with Crippen molar-refractivity contribution in [3.63, 3.8) is 0 Å². The minimum absolute atomic E-state index is 0.682. The lowest BCUT2D eigenvalue weighted by molar-refractivity contribution is 1.40. The van der Waals surface area contributed by atoms with E-state index in [1.807, 2.05) is 48.5 Å². The molecular weight excluding hydrogens is 258 g/mol. The fourth-order valence-corrected chi connectivity index (χ4v) is 2.17. The van der Waals surface area contributed by atoms with Crippen LogP contribution in [0.2, 0.25) is 5.02 Å². The molecule has 1 aromatic heterocycles. The Balaban J connectivity index is 2.06. The predicted molar refractivity (Wildman–Crippen MR) is 80.9 cm³/mol. The number of anilines is 3. The second kappa shape index (κ2) is 4.78. The molecule has 94 valence electrons. The third-order valence-corrected chi connectivity index (χ3v) is 3.11. The van der Waals surface area contributed by atoms with Gasteiger partial charge in [0.1, 0.15) is 0 Å². The summed E-state index contributed by atoms with van der Waals surface area (Å²) in [5.74, 6) is 0. The molecule has 3 N–H and O–H groups in total. The zero-order valence-corrected chi connectivity index (χ0v) is 10.9. The van der Waals surface area contributed by atoms with Crippen molar-refractivity contribution in [2.24, 2.45) is 0 Å². The van der Waals surface area contributed by atoms with Gasteiger partial charge in [0.15, 0.2) is 0 Å². The zero-order chi connectivity index (χ0) is 13.2. The number of fused-ring (bicyclic) bond motifs is 1. The minimum Gasteiger partial charge on any atom is -0.399 e. The van der Waals surface area contributed by atoms with Crippen molar-refractivity contribution < 1.29 is 0 Å². The molecule has 0 aliphatic heterocycles. The van der Waals surface area contributed by atoms with Crippen LogP contribution >= 0.6 is 11.6 Å². The first kappa shape index (κ1) is 11.8. The van der Waals surface area contributed by atoms with Gasteiger partial charge in [0.2, 0.25) is 0 Å². The molecule has 0 fully saturated rings. The summed E-state index contributed by atoms with van der Waals surface area (Å²) in [6.45, 7) is 0. The average molecular weight is 270 g/mol. The van der Waals surface area contributed by atoms with Crippen LogP contribution in [0.3, 0.4) is 0 Å². The van der Waals surface area contributed by atoms with Crippen LogP contribution in [-0.2, 0) is 0 Å². The number of nitrogen functional groups attached to an aromatic ring is 1. The van der Waals surface area contributed by atoms with Gasteiger partial charge in [0.05, 0.1) is 5.52 Å². The summed E-state index contributed by atoms with van der Waals surface area (Å²) in [6.07, 6.45) is 1.76.